The number of nitrogens with zero attached hydrogens (tertiary/aromatic N) is 1. The first kappa shape index (κ1) is 13.2. The molecule has 1 fully saturated rings. The molecule has 0 aromatic carbocycles. The number of rotatable bonds is 2. The van der Waals surface area contributed by atoms with Gasteiger partial charge in [0.25, 0.3) is 0 Å². The van der Waals surface area contributed by atoms with Gasteiger partial charge < -0.3 is 4.90 Å². The number of carbonyl (C=O) groups is 1. The van der Waals surface area contributed by atoms with Gasteiger partial charge in [-0.25, -0.2) is 0 Å². The van der Waals surface area contributed by atoms with Gasteiger partial charge in [0.05, 0.1) is 0 Å². The van der Waals surface area contributed by atoms with Crippen molar-refractivity contribution < 1.29 is 30.3 Å². The van der Waals surface area contributed by atoms with Gasteiger partial charge in [-0.2, -0.15) is 21.6 Å². The van der Waals surface area contributed by atoms with E-state index in [9.17, 15) is 30.3 Å². The van der Waals surface area contributed by atoms with E-state index < -0.39 is 46.6 Å². The Morgan fingerprint density at radius 1 is 1.44 bits per heavy atom. The molecule has 1 amide bonds. The third-order valence-corrected chi connectivity index (χ3v) is 3.57. The van der Waals surface area contributed by atoms with E-state index in [4.69, 9.17) is 0 Å². The van der Waals surface area contributed by atoms with Crippen LogP contribution in [0.4, 0.5) is 17.1 Å². The SMILES string of the molecule is CC(N1CC(S(=O)(=O)F)CC1=O)C(F)(F)F. The minimum Gasteiger partial charge on any atom is -0.329 e. The van der Waals surface area contributed by atoms with E-state index in [0.717, 1.165) is 6.92 Å². The molecule has 94 valence electrons. The Morgan fingerprint density at radius 3 is 2.25 bits per heavy atom. The predicted molar refractivity (Wildman–Crippen MR) is 45.7 cm³/mol. The minimum absolute atomic E-state index is 0.335. The average Bonchev–Trinajstić information content (AvgIpc) is 2.43. The summed E-state index contributed by atoms with van der Waals surface area (Å²) in [6.07, 6.45) is -5.39. The van der Waals surface area contributed by atoms with Gasteiger partial charge in [-0.1, -0.05) is 0 Å². The van der Waals surface area contributed by atoms with Crippen molar-refractivity contribution in [3.63, 3.8) is 0 Å². The zero-order valence-electron chi connectivity index (χ0n) is 8.16. The number of carbonyl (C=O) groups excluding carboxylic acids is 1. The maximum Gasteiger partial charge on any atom is 0.408 e. The fourth-order valence-corrected chi connectivity index (χ4v) is 2.12. The third-order valence-electron chi connectivity index (χ3n) is 2.46. The molecule has 2 unspecified atom stereocenters. The molecule has 1 aliphatic heterocycles. The zero-order chi connectivity index (χ0) is 12.7. The lowest BCUT2D eigenvalue weighted by molar-refractivity contribution is -0.182. The highest BCUT2D eigenvalue weighted by molar-refractivity contribution is 7.87. The van der Waals surface area contributed by atoms with E-state index in [0.29, 0.717) is 4.90 Å². The molecule has 0 saturated carbocycles. The molecule has 0 radical (unpaired) electrons. The van der Waals surface area contributed by atoms with Crippen molar-refractivity contribution >= 4 is 16.1 Å². The number of alkyl halides is 3. The lowest BCUT2D eigenvalue weighted by Gasteiger charge is -2.26. The fraction of sp³-hybridized carbons (Fsp3) is 0.857. The van der Waals surface area contributed by atoms with Crippen molar-refractivity contribution in [1.82, 2.24) is 4.90 Å². The molecular formula is C7H9F4NO3S. The van der Waals surface area contributed by atoms with Crippen LogP contribution in [0.2, 0.25) is 0 Å². The van der Waals surface area contributed by atoms with Crippen LogP contribution >= 0.6 is 0 Å². The van der Waals surface area contributed by atoms with Crippen LogP contribution in [0.1, 0.15) is 13.3 Å². The van der Waals surface area contributed by atoms with E-state index >= 15 is 0 Å². The summed E-state index contributed by atoms with van der Waals surface area (Å²) in [4.78, 5) is 11.4. The molecule has 16 heavy (non-hydrogen) atoms. The van der Waals surface area contributed by atoms with Crippen LogP contribution < -0.4 is 0 Å². The van der Waals surface area contributed by atoms with Crippen LogP contribution in [0.5, 0.6) is 0 Å². The van der Waals surface area contributed by atoms with Crippen molar-refractivity contribution in [1.29, 1.82) is 0 Å². The van der Waals surface area contributed by atoms with Crippen molar-refractivity contribution in [2.75, 3.05) is 6.54 Å². The average molecular weight is 263 g/mol. The van der Waals surface area contributed by atoms with Crippen LogP contribution in [0.25, 0.3) is 0 Å². The van der Waals surface area contributed by atoms with Crippen molar-refractivity contribution in [3.05, 3.63) is 0 Å². The van der Waals surface area contributed by atoms with Crippen LogP contribution in [0.3, 0.4) is 0 Å². The van der Waals surface area contributed by atoms with Crippen LogP contribution in [0, 0.1) is 0 Å². The lowest BCUT2D eigenvalue weighted by atomic mass is 10.3. The van der Waals surface area contributed by atoms with Gasteiger partial charge in [-0.15, -0.1) is 3.89 Å². The maximum absolute atomic E-state index is 12.5. The van der Waals surface area contributed by atoms with E-state index in [2.05, 4.69) is 0 Å². The Balaban J connectivity index is 2.84. The number of halogens is 4. The highest BCUT2D eigenvalue weighted by Crippen LogP contribution is 2.29. The zero-order valence-corrected chi connectivity index (χ0v) is 8.98. The van der Waals surface area contributed by atoms with Gasteiger partial charge in [-0.05, 0) is 6.92 Å². The monoisotopic (exact) mass is 263 g/mol. The summed E-state index contributed by atoms with van der Waals surface area (Å²) in [7, 11) is -4.98. The maximum atomic E-state index is 12.5. The molecular weight excluding hydrogens is 254 g/mol. The molecule has 0 spiro atoms. The second-order valence-corrected chi connectivity index (χ2v) is 5.18. The Hall–Kier alpha value is -0.860. The normalized spacial score (nSPS) is 24.9. The molecule has 4 nitrogen and oxygen atoms in total. The molecule has 1 saturated heterocycles. The molecule has 1 rings (SSSR count). The van der Waals surface area contributed by atoms with Crippen LogP contribution in [0.15, 0.2) is 0 Å². The van der Waals surface area contributed by atoms with Gasteiger partial charge in [0.1, 0.15) is 11.3 Å². The third kappa shape index (κ3) is 2.63. The van der Waals surface area contributed by atoms with E-state index in [-0.39, 0.29) is 0 Å². The molecule has 0 aromatic rings. The summed E-state index contributed by atoms with van der Waals surface area (Å²) >= 11 is 0. The van der Waals surface area contributed by atoms with E-state index in [1.807, 2.05) is 0 Å². The second-order valence-electron chi connectivity index (χ2n) is 3.57. The highest BCUT2D eigenvalue weighted by atomic mass is 32.3. The summed E-state index contributed by atoms with van der Waals surface area (Å²) in [5.41, 5.74) is 0. The number of hydrogen-bond acceptors (Lipinski definition) is 3. The quantitative estimate of drug-likeness (QED) is 0.548. The lowest BCUT2D eigenvalue weighted by Crippen LogP contribution is -2.44. The predicted octanol–water partition coefficient (Wildman–Crippen LogP) is 0.837. The highest BCUT2D eigenvalue weighted by Gasteiger charge is 2.48. The standard InChI is InChI=1S/C7H9F4NO3S/c1-4(7(8,9)10)12-3-5(2-6(12)13)16(11,14)15/h4-5H,2-3H2,1H3. The van der Waals surface area contributed by atoms with Crippen LogP contribution in [-0.2, 0) is 15.0 Å². The Bertz CT molecular complexity index is 391. The van der Waals surface area contributed by atoms with Crippen LogP contribution in [-0.4, -0.2) is 43.2 Å². The smallest absolute Gasteiger partial charge is 0.329 e. The fourth-order valence-electron chi connectivity index (χ4n) is 1.44. The summed E-state index contributed by atoms with van der Waals surface area (Å²) in [5.74, 6) is -1.00. The molecule has 2 atom stereocenters. The van der Waals surface area contributed by atoms with E-state index in [1.165, 1.54) is 0 Å². The molecule has 0 bridgehead atoms. The van der Waals surface area contributed by atoms with Crippen molar-refractivity contribution in [2.45, 2.75) is 30.8 Å². The van der Waals surface area contributed by atoms with Gasteiger partial charge >= 0.3 is 16.4 Å². The van der Waals surface area contributed by atoms with Gasteiger partial charge in [0, 0.05) is 13.0 Å². The number of amides is 1. The molecule has 9 heteroatoms. The first-order valence-corrected chi connectivity index (χ1v) is 5.78. The topological polar surface area (TPSA) is 54.5 Å². The molecule has 0 aromatic heterocycles. The van der Waals surface area contributed by atoms with Gasteiger partial charge in [-0.3, -0.25) is 4.79 Å². The molecule has 0 N–H and O–H groups in total. The van der Waals surface area contributed by atoms with Gasteiger partial charge in [0.2, 0.25) is 5.91 Å². The minimum atomic E-state index is -4.98. The Kier molecular flexibility index (Phi) is 3.19. The second kappa shape index (κ2) is 3.86. The summed E-state index contributed by atoms with van der Waals surface area (Å²) in [6.45, 7) is -0.0243. The Labute approximate surface area is 89.4 Å². The van der Waals surface area contributed by atoms with Crippen molar-refractivity contribution in [3.8, 4) is 0 Å². The van der Waals surface area contributed by atoms with Crippen molar-refractivity contribution in [2.24, 2.45) is 0 Å². The Morgan fingerprint density at radius 2 is 1.94 bits per heavy atom. The summed E-state index contributed by atoms with van der Waals surface area (Å²) < 4.78 is 70.2. The number of likely N-dealkylation sites (tertiary alicyclic amines) is 1. The number of hydrogen-bond donors (Lipinski definition) is 0. The molecule has 0 aliphatic carbocycles. The van der Waals surface area contributed by atoms with Gasteiger partial charge in [0.15, 0.2) is 0 Å². The first-order chi connectivity index (χ1) is 7.03. The largest absolute Gasteiger partial charge is 0.408 e. The molecule has 1 heterocycles. The summed E-state index contributed by atoms with van der Waals surface area (Å²) in [5, 5.41) is -1.69. The summed E-state index contributed by atoms with van der Waals surface area (Å²) in [6, 6.07) is -2.10. The molecule has 1 aliphatic rings. The van der Waals surface area contributed by atoms with E-state index in [1.54, 1.807) is 0 Å². The first-order valence-electron chi connectivity index (χ1n) is 4.33.